The van der Waals surface area contributed by atoms with Gasteiger partial charge in [-0.15, -0.1) is 0 Å². The van der Waals surface area contributed by atoms with Gasteiger partial charge in [-0.3, -0.25) is 9.59 Å². The van der Waals surface area contributed by atoms with Gasteiger partial charge < -0.3 is 21.1 Å². The average Bonchev–Trinajstić information content (AvgIpc) is 2.35. The van der Waals surface area contributed by atoms with Crippen LogP contribution in [0.15, 0.2) is 24.3 Å². The van der Waals surface area contributed by atoms with Crippen LogP contribution in [-0.2, 0) is 9.53 Å². The number of nitrogens with one attached hydrogen (secondary N) is 2. The first-order valence-corrected chi connectivity index (χ1v) is 5.53. The van der Waals surface area contributed by atoms with Crippen molar-refractivity contribution in [3.63, 3.8) is 0 Å². The molecule has 0 atom stereocenters. The minimum Gasteiger partial charge on any atom is -0.399 e. The molecule has 0 aliphatic carbocycles. The van der Waals surface area contributed by atoms with Crippen LogP contribution in [0.5, 0.6) is 0 Å². The number of carbonyl (C=O) groups excluding carboxylic acids is 2. The summed E-state index contributed by atoms with van der Waals surface area (Å²) in [6, 6.07) is 6.62. The molecule has 0 radical (unpaired) electrons. The molecule has 6 nitrogen and oxygen atoms in total. The molecule has 0 aromatic heterocycles. The predicted octanol–water partition coefficient (Wildman–Crippen LogP) is -0.239. The van der Waals surface area contributed by atoms with E-state index >= 15 is 0 Å². The van der Waals surface area contributed by atoms with E-state index in [9.17, 15) is 9.59 Å². The predicted molar refractivity (Wildman–Crippen MR) is 68.1 cm³/mol. The highest BCUT2D eigenvalue weighted by Crippen LogP contribution is 2.04. The van der Waals surface area contributed by atoms with E-state index in [2.05, 4.69) is 15.4 Å². The molecule has 1 rings (SSSR count). The molecular formula is C12H17N3O3. The van der Waals surface area contributed by atoms with Crippen molar-refractivity contribution in [3.05, 3.63) is 29.8 Å². The number of methoxy groups -OCH3 is 1. The number of nitrogens with two attached hydrogens (primary N) is 1. The number of anilines is 1. The molecule has 0 heterocycles. The zero-order valence-electron chi connectivity index (χ0n) is 10.2. The summed E-state index contributed by atoms with van der Waals surface area (Å²) in [4.78, 5) is 22.7. The Balaban J connectivity index is 2.25. The Kier molecular flexibility index (Phi) is 5.66. The lowest BCUT2D eigenvalue weighted by Crippen LogP contribution is -2.36. The molecule has 1 aromatic carbocycles. The Bertz CT molecular complexity index is 404. The summed E-state index contributed by atoms with van der Waals surface area (Å²) in [5.41, 5.74) is 6.66. The van der Waals surface area contributed by atoms with Crippen molar-refractivity contribution >= 4 is 17.5 Å². The molecule has 0 aliphatic rings. The number of rotatable bonds is 6. The zero-order chi connectivity index (χ0) is 13.4. The topological polar surface area (TPSA) is 93.5 Å². The molecule has 0 unspecified atom stereocenters. The molecule has 6 heteroatoms. The van der Waals surface area contributed by atoms with Crippen LogP contribution in [0.3, 0.4) is 0 Å². The van der Waals surface area contributed by atoms with E-state index in [1.165, 1.54) is 7.11 Å². The Morgan fingerprint density at radius 3 is 2.39 bits per heavy atom. The largest absolute Gasteiger partial charge is 0.399 e. The summed E-state index contributed by atoms with van der Waals surface area (Å²) in [6.07, 6.45) is 0. The summed E-state index contributed by atoms with van der Waals surface area (Å²) in [7, 11) is 1.45. The first-order valence-electron chi connectivity index (χ1n) is 5.53. The number of carbonyl (C=O) groups is 2. The van der Waals surface area contributed by atoms with Crippen LogP contribution in [0.25, 0.3) is 0 Å². The summed E-state index contributed by atoms with van der Waals surface area (Å²) in [5, 5.41) is 5.28. The molecule has 98 valence electrons. The highest BCUT2D eigenvalue weighted by molar-refractivity contribution is 5.94. The molecule has 4 N–H and O–H groups in total. The summed E-state index contributed by atoms with van der Waals surface area (Å²) in [6.45, 7) is 0.744. The molecule has 1 aromatic rings. The molecule has 0 fully saturated rings. The van der Waals surface area contributed by atoms with Crippen LogP contribution in [0, 0.1) is 0 Å². The lowest BCUT2D eigenvalue weighted by atomic mass is 10.2. The third-order valence-electron chi connectivity index (χ3n) is 2.18. The molecule has 0 bridgehead atoms. The summed E-state index contributed by atoms with van der Waals surface area (Å²) >= 11 is 0. The van der Waals surface area contributed by atoms with Gasteiger partial charge in [-0.1, -0.05) is 0 Å². The van der Waals surface area contributed by atoms with E-state index in [0.29, 0.717) is 24.3 Å². The second-order valence-electron chi connectivity index (χ2n) is 3.66. The number of benzene rings is 1. The minimum atomic E-state index is -0.209. The number of ether oxygens (including phenoxy) is 1. The van der Waals surface area contributed by atoms with E-state index < -0.39 is 0 Å². The van der Waals surface area contributed by atoms with Crippen molar-refractivity contribution in [2.75, 3.05) is 32.5 Å². The number of hydrogen-bond acceptors (Lipinski definition) is 4. The van der Waals surface area contributed by atoms with Gasteiger partial charge in [0.05, 0.1) is 0 Å². The molecule has 0 saturated carbocycles. The maximum Gasteiger partial charge on any atom is 0.251 e. The van der Waals surface area contributed by atoms with Crippen molar-refractivity contribution in [1.82, 2.24) is 10.6 Å². The standard InChI is InChI=1S/C12H17N3O3/c1-18-8-11(16)14-6-7-15-12(17)9-2-4-10(13)5-3-9/h2-5H,6-8,13H2,1H3,(H,14,16)(H,15,17). The van der Waals surface area contributed by atoms with Gasteiger partial charge in [0.2, 0.25) is 5.91 Å². The average molecular weight is 251 g/mol. The third-order valence-corrected chi connectivity index (χ3v) is 2.18. The van der Waals surface area contributed by atoms with Gasteiger partial charge in [0.15, 0.2) is 0 Å². The maximum absolute atomic E-state index is 11.6. The molecule has 2 amide bonds. The molecule has 0 saturated heterocycles. The Hall–Kier alpha value is -2.08. The van der Waals surface area contributed by atoms with Gasteiger partial charge in [0, 0.05) is 31.5 Å². The van der Waals surface area contributed by atoms with Gasteiger partial charge >= 0.3 is 0 Å². The second kappa shape index (κ2) is 7.29. The highest BCUT2D eigenvalue weighted by atomic mass is 16.5. The van der Waals surface area contributed by atoms with Crippen molar-refractivity contribution in [2.24, 2.45) is 0 Å². The molecule has 0 spiro atoms. The SMILES string of the molecule is COCC(=O)NCCNC(=O)c1ccc(N)cc1. The van der Waals surface area contributed by atoms with Crippen LogP contribution in [-0.4, -0.2) is 38.6 Å². The maximum atomic E-state index is 11.6. The highest BCUT2D eigenvalue weighted by Gasteiger charge is 2.04. The monoisotopic (exact) mass is 251 g/mol. The number of amides is 2. The van der Waals surface area contributed by atoms with E-state index in [-0.39, 0.29) is 18.4 Å². The van der Waals surface area contributed by atoms with E-state index in [1.807, 2.05) is 0 Å². The first-order chi connectivity index (χ1) is 8.63. The third kappa shape index (κ3) is 4.84. The van der Waals surface area contributed by atoms with Crippen LogP contribution in [0.1, 0.15) is 10.4 Å². The van der Waals surface area contributed by atoms with Crippen molar-refractivity contribution in [2.45, 2.75) is 0 Å². The lowest BCUT2D eigenvalue weighted by Gasteiger charge is -2.07. The van der Waals surface area contributed by atoms with Gasteiger partial charge in [0.1, 0.15) is 6.61 Å². The fraction of sp³-hybridized carbons (Fsp3) is 0.333. The normalized spacial score (nSPS) is 9.83. The first kappa shape index (κ1) is 14.0. The molecular weight excluding hydrogens is 234 g/mol. The van der Waals surface area contributed by atoms with E-state index in [4.69, 9.17) is 5.73 Å². The van der Waals surface area contributed by atoms with Gasteiger partial charge in [-0.25, -0.2) is 0 Å². The fourth-order valence-electron chi connectivity index (χ4n) is 1.30. The zero-order valence-corrected chi connectivity index (χ0v) is 10.2. The quantitative estimate of drug-likeness (QED) is 0.480. The Morgan fingerprint density at radius 1 is 1.17 bits per heavy atom. The van der Waals surface area contributed by atoms with Gasteiger partial charge in [0.25, 0.3) is 5.91 Å². The van der Waals surface area contributed by atoms with Crippen LogP contribution >= 0.6 is 0 Å². The van der Waals surface area contributed by atoms with Crippen LogP contribution < -0.4 is 16.4 Å². The van der Waals surface area contributed by atoms with Crippen molar-refractivity contribution in [1.29, 1.82) is 0 Å². The van der Waals surface area contributed by atoms with E-state index in [0.717, 1.165) is 0 Å². The van der Waals surface area contributed by atoms with Crippen LogP contribution in [0.4, 0.5) is 5.69 Å². The van der Waals surface area contributed by atoms with E-state index in [1.54, 1.807) is 24.3 Å². The second-order valence-corrected chi connectivity index (χ2v) is 3.66. The van der Waals surface area contributed by atoms with Crippen LogP contribution in [0.2, 0.25) is 0 Å². The fourth-order valence-corrected chi connectivity index (χ4v) is 1.30. The smallest absolute Gasteiger partial charge is 0.251 e. The van der Waals surface area contributed by atoms with Gasteiger partial charge in [-0.2, -0.15) is 0 Å². The Labute approximate surface area is 105 Å². The van der Waals surface area contributed by atoms with Gasteiger partial charge in [-0.05, 0) is 24.3 Å². The lowest BCUT2D eigenvalue weighted by molar-refractivity contribution is -0.124. The van der Waals surface area contributed by atoms with Crippen molar-refractivity contribution < 1.29 is 14.3 Å². The summed E-state index contributed by atoms with van der Waals surface area (Å²) < 4.78 is 4.65. The number of hydrogen-bond donors (Lipinski definition) is 3. The molecule has 18 heavy (non-hydrogen) atoms. The van der Waals surface area contributed by atoms with Crippen molar-refractivity contribution in [3.8, 4) is 0 Å². The number of nitrogen functional groups attached to an aromatic ring is 1. The summed E-state index contributed by atoms with van der Waals surface area (Å²) in [5.74, 6) is -0.407. The molecule has 0 aliphatic heterocycles. The minimum absolute atomic E-state index is 0.0198. The Morgan fingerprint density at radius 2 is 1.78 bits per heavy atom.